The minimum Gasteiger partial charge on any atom is -0.387 e. The SMILES string of the molecule is CC1CC(C)(O)C(C)(C)O1. The largest absolute Gasteiger partial charge is 0.387 e. The van der Waals surface area contributed by atoms with Gasteiger partial charge in [-0.15, -0.1) is 0 Å². The molecule has 2 heteroatoms. The monoisotopic (exact) mass is 144 g/mol. The first-order valence-corrected chi connectivity index (χ1v) is 3.75. The minimum atomic E-state index is -0.660. The fraction of sp³-hybridized carbons (Fsp3) is 1.00. The number of aliphatic hydroxyl groups is 1. The summed E-state index contributed by atoms with van der Waals surface area (Å²) < 4.78 is 5.51. The molecule has 1 rings (SSSR count). The van der Waals surface area contributed by atoms with Gasteiger partial charge in [-0.2, -0.15) is 0 Å². The first-order chi connectivity index (χ1) is 4.35. The molecule has 0 aromatic rings. The number of ether oxygens (including phenoxy) is 1. The Morgan fingerprint density at radius 2 is 1.90 bits per heavy atom. The van der Waals surface area contributed by atoms with Crippen LogP contribution in [0.4, 0.5) is 0 Å². The zero-order valence-electron chi connectivity index (χ0n) is 7.14. The van der Waals surface area contributed by atoms with E-state index < -0.39 is 5.60 Å². The molecular formula is C8H16O2. The van der Waals surface area contributed by atoms with Gasteiger partial charge in [-0.25, -0.2) is 0 Å². The molecule has 2 atom stereocenters. The van der Waals surface area contributed by atoms with Crippen LogP contribution in [0.2, 0.25) is 0 Å². The number of hydrogen-bond acceptors (Lipinski definition) is 2. The molecule has 1 fully saturated rings. The Hall–Kier alpha value is -0.0800. The number of rotatable bonds is 0. The summed E-state index contributed by atoms with van der Waals surface area (Å²) in [6.45, 7) is 7.67. The second-order valence-corrected chi connectivity index (χ2v) is 3.92. The van der Waals surface area contributed by atoms with E-state index in [4.69, 9.17) is 4.74 Å². The summed E-state index contributed by atoms with van der Waals surface area (Å²) in [5.74, 6) is 0. The third-order valence-corrected chi connectivity index (χ3v) is 2.48. The van der Waals surface area contributed by atoms with Gasteiger partial charge in [-0.05, 0) is 27.7 Å². The molecule has 0 amide bonds. The van der Waals surface area contributed by atoms with E-state index in [1.807, 2.05) is 27.7 Å². The van der Waals surface area contributed by atoms with Crippen molar-refractivity contribution < 1.29 is 9.84 Å². The van der Waals surface area contributed by atoms with Crippen molar-refractivity contribution >= 4 is 0 Å². The van der Waals surface area contributed by atoms with E-state index in [0.717, 1.165) is 6.42 Å². The van der Waals surface area contributed by atoms with Crippen LogP contribution in [0.1, 0.15) is 34.1 Å². The molecule has 1 N–H and O–H groups in total. The zero-order valence-corrected chi connectivity index (χ0v) is 7.14. The molecule has 1 heterocycles. The van der Waals surface area contributed by atoms with Crippen LogP contribution in [0.15, 0.2) is 0 Å². The van der Waals surface area contributed by atoms with Gasteiger partial charge in [0.25, 0.3) is 0 Å². The third-order valence-electron chi connectivity index (χ3n) is 2.48. The molecule has 0 bridgehead atoms. The highest BCUT2D eigenvalue weighted by Crippen LogP contribution is 2.38. The Bertz CT molecular complexity index is 122. The Labute approximate surface area is 62.2 Å². The average Bonchev–Trinajstić information content (AvgIpc) is 1.73. The van der Waals surface area contributed by atoms with Gasteiger partial charge in [0.05, 0.1) is 17.3 Å². The Morgan fingerprint density at radius 1 is 1.40 bits per heavy atom. The van der Waals surface area contributed by atoms with Gasteiger partial charge >= 0.3 is 0 Å². The van der Waals surface area contributed by atoms with E-state index in [9.17, 15) is 5.11 Å². The van der Waals surface area contributed by atoms with Gasteiger partial charge < -0.3 is 9.84 Å². The summed E-state index contributed by atoms with van der Waals surface area (Å²) in [6.07, 6.45) is 0.921. The van der Waals surface area contributed by atoms with Crippen molar-refractivity contribution in [3.05, 3.63) is 0 Å². The van der Waals surface area contributed by atoms with Crippen LogP contribution in [-0.2, 0) is 4.74 Å². The van der Waals surface area contributed by atoms with E-state index in [2.05, 4.69) is 0 Å². The molecule has 10 heavy (non-hydrogen) atoms. The Balaban J connectivity index is 2.78. The van der Waals surface area contributed by atoms with Gasteiger partial charge in [0.1, 0.15) is 0 Å². The quantitative estimate of drug-likeness (QED) is 0.555. The van der Waals surface area contributed by atoms with Crippen LogP contribution in [0.25, 0.3) is 0 Å². The van der Waals surface area contributed by atoms with Crippen molar-refractivity contribution in [1.29, 1.82) is 0 Å². The summed E-state index contributed by atoms with van der Waals surface area (Å²) in [7, 11) is 0. The summed E-state index contributed by atoms with van der Waals surface area (Å²) in [5.41, 5.74) is -1.04. The molecule has 60 valence electrons. The van der Waals surface area contributed by atoms with E-state index in [1.54, 1.807) is 0 Å². The van der Waals surface area contributed by atoms with Crippen molar-refractivity contribution in [2.24, 2.45) is 0 Å². The average molecular weight is 144 g/mol. The molecule has 0 saturated carbocycles. The molecule has 0 aromatic heterocycles. The van der Waals surface area contributed by atoms with Gasteiger partial charge in [-0.3, -0.25) is 0 Å². The van der Waals surface area contributed by atoms with E-state index in [-0.39, 0.29) is 11.7 Å². The maximum atomic E-state index is 9.77. The predicted molar refractivity (Wildman–Crippen MR) is 39.9 cm³/mol. The summed E-state index contributed by atoms with van der Waals surface area (Å²) in [5, 5.41) is 9.77. The lowest BCUT2D eigenvalue weighted by molar-refractivity contribution is -0.0975. The molecule has 0 radical (unpaired) electrons. The lowest BCUT2D eigenvalue weighted by atomic mass is 9.87. The fourth-order valence-electron chi connectivity index (χ4n) is 1.48. The van der Waals surface area contributed by atoms with Crippen LogP contribution < -0.4 is 0 Å². The lowest BCUT2D eigenvalue weighted by Gasteiger charge is -2.31. The molecular weight excluding hydrogens is 128 g/mol. The minimum absolute atomic E-state index is 0.185. The molecule has 1 saturated heterocycles. The van der Waals surface area contributed by atoms with E-state index in [1.165, 1.54) is 0 Å². The fourth-order valence-corrected chi connectivity index (χ4v) is 1.48. The predicted octanol–water partition coefficient (Wildman–Crippen LogP) is 1.32. The topological polar surface area (TPSA) is 29.5 Å². The molecule has 0 aliphatic carbocycles. The van der Waals surface area contributed by atoms with Crippen LogP contribution in [0.5, 0.6) is 0 Å². The van der Waals surface area contributed by atoms with Crippen molar-refractivity contribution in [2.75, 3.05) is 0 Å². The molecule has 0 spiro atoms. The Morgan fingerprint density at radius 3 is 2.00 bits per heavy atom. The highest BCUT2D eigenvalue weighted by atomic mass is 16.5. The van der Waals surface area contributed by atoms with Gasteiger partial charge in [0, 0.05) is 6.42 Å². The van der Waals surface area contributed by atoms with Crippen molar-refractivity contribution in [3.8, 4) is 0 Å². The zero-order chi connectivity index (χ0) is 7.99. The standard InChI is InChI=1S/C8H16O2/c1-6-5-8(4,9)7(2,3)10-6/h6,9H,5H2,1-4H3. The van der Waals surface area contributed by atoms with E-state index >= 15 is 0 Å². The molecule has 2 nitrogen and oxygen atoms in total. The van der Waals surface area contributed by atoms with Gasteiger partial charge in [-0.1, -0.05) is 0 Å². The molecule has 1 aliphatic heterocycles. The van der Waals surface area contributed by atoms with Crippen LogP contribution >= 0.6 is 0 Å². The van der Waals surface area contributed by atoms with E-state index in [0.29, 0.717) is 0 Å². The van der Waals surface area contributed by atoms with Crippen LogP contribution in [-0.4, -0.2) is 22.4 Å². The second kappa shape index (κ2) is 1.95. The van der Waals surface area contributed by atoms with Crippen molar-refractivity contribution in [1.82, 2.24) is 0 Å². The number of hydrogen-bond donors (Lipinski definition) is 1. The normalized spacial score (nSPS) is 45.9. The maximum absolute atomic E-state index is 9.77. The van der Waals surface area contributed by atoms with Crippen molar-refractivity contribution in [3.63, 3.8) is 0 Å². The summed E-state index contributed by atoms with van der Waals surface area (Å²) >= 11 is 0. The van der Waals surface area contributed by atoms with Crippen LogP contribution in [0, 0.1) is 0 Å². The second-order valence-electron chi connectivity index (χ2n) is 3.92. The third kappa shape index (κ3) is 1.06. The summed E-state index contributed by atoms with van der Waals surface area (Å²) in [4.78, 5) is 0. The molecule has 0 aromatic carbocycles. The van der Waals surface area contributed by atoms with Crippen molar-refractivity contribution in [2.45, 2.75) is 51.4 Å². The molecule has 2 unspecified atom stereocenters. The molecule has 1 aliphatic rings. The van der Waals surface area contributed by atoms with Crippen LogP contribution in [0.3, 0.4) is 0 Å². The van der Waals surface area contributed by atoms with Gasteiger partial charge in [0.2, 0.25) is 0 Å². The highest BCUT2D eigenvalue weighted by Gasteiger charge is 2.48. The smallest absolute Gasteiger partial charge is 0.0927 e. The van der Waals surface area contributed by atoms with Gasteiger partial charge in [0.15, 0.2) is 0 Å². The highest BCUT2D eigenvalue weighted by molar-refractivity contribution is 4.98. The Kier molecular flexibility index (Phi) is 1.57. The first-order valence-electron chi connectivity index (χ1n) is 3.75. The summed E-state index contributed by atoms with van der Waals surface area (Å²) in [6, 6.07) is 0. The maximum Gasteiger partial charge on any atom is 0.0927 e. The first kappa shape index (κ1) is 8.02. The lowest BCUT2D eigenvalue weighted by Crippen LogP contribution is -2.43.